The zero-order valence-electron chi connectivity index (χ0n) is 6.29. The van der Waals surface area contributed by atoms with Gasteiger partial charge in [-0.05, 0) is 5.56 Å². The molecule has 0 spiro atoms. The number of H-pyrrole nitrogens is 2. The first-order valence-corrected chi connectivity index (χ1v) is 3.56. The first kappa shape index (κ1) is 7.05. The molecular weight excluding hydrogens is 156 g/mol. The van der Waals surface area contributed by atoms with Crippen molar-refractivity contribution in [1.82, 2.24) is 15.0 Å². The second kappa shape index (κ2) is 2.46. The molecule has 2 heterocycles. The summed E-state index contributed by atoms with van der Waals surface area (Å²) in [6, 6.07) is 0. The second-order valence-corrected chi connectivity index (χ2v) is 2.47. The molecule has 2 aromatic rings. The lowest BCUT2D eigenvalue weighted by Crippen LogP contribution is -2.08. The van der Waals surface area contributed by atoms with E-state index in [2.05, 4.69) is 15.0 Å². The Morgan fingerprint density at radius 3 is 3.08 bits per heavy atom. The van der Waals surface area contributed by atoms with Crippen molar-refractivity contribution in [2.75, 3.05) is 0 Å². The number of nitrogens with two attached hydrogens (primary N) is 1. The minimum Gasteiger partial charge on any atom is -0.346 e. The van der Waals surface area contributed by atoms with E-state index in [1.807, 2.05) is 0 Å². The van der Waals surface area contributed by atoms with Gasteiger partial charge in [0.05, 0.1) is 11.7 Å². The van der Waals surface area contributed by atoms with E-state index >= 15 is 0 Å². The number of fused-ring (bicyclic) bond motifs is 1. The minimum absolute atomic E-state index is 0.151. The van der Waals surface area contributed by atoms with E-state index in [4.69, 9.17) is 5.73 Å². The van der Waals surface area contributed by atoms with Crippen molar-refractivity contribution in [1.29, 1.82) is 0 Å². The Morgan fingerprint density at radius 2 is 2.33 bits per heavy atom. The molecule has 2 aromatic heterocycles. The zero-order chi connectivity index (χ0) is 8.55. The molecule has 12 heavy (non-hydrogen) atoms. The Hall–Kier alpha value is -1.62. The van der Waals surface area contributed by atoms with Gasteiger partial charge in [-0.3, -0.25) is 4.79 Å². The second-order valence-electron chi connectivity index (χ2n) is 2.47. The van der Waals surface area contributed by atoms with Crippen molar-refractivity contribution >= 4 is 11.0 Å². The molecular formula is C7H8N4O. The van der Waals surface area contributed by atoms with Gasteiger partial charge in [-0.1, -0.05) is 0 Å². The lowest BCUT2D eigenvalue weighted by atomic mass is 10.2. The topological polar surface area (TPSA) is 87.6 Å². The van der Waals surface area contributed by atoms with Crippen LogP contribution in [0.25, 0.3) is 11.0 Å². The number of aromatic nitrogens is 3. The Balaban J connectivity index is 2.92. The molecule has 62 valence electrons. The first-order valence-electron chi connectivity index (χ1n) is 3.56. The molecule has 5 nitrogen and oxygen atoms in total. The normalized spacial score (nSPS) is 10.8. The van der Waals surface area contributed by atoms with Crippen molar-refractivity contribution in [2.24, 2.45) is 5.73 Å². The standard InChI is InChI=1S/C7H8N4O/c8-1-4-2-9-6-5(4)7(12)11-3-10-6/h2-3H,1,8H2,(H2,9,10,11,12). The number of nitrogens with one attached hydrogen (secondary N) is 2. The summed E-state index contributed by atoms with van der Waals surface area (Å²) in [6.45, 7) is 0.342. The number of hydrogen-bond acceptors (Lipinski definition) is 3. The van der Waals surface area contributed by atoms with Gasteiger partial charge in [-0.25, -0.2) is 4.98 Å². The third-order valence-corrected chi connectivity index (χ3v) is 1.78. The van der Waals surface area contributed by atoms with Crippen LogP contribution in [0.1, 0.15) is 5.56 Å². The van der Waals surface area contributed by atoms with Crippen LogP contribution in [0.3, 0.4) is 0 Å². The SMILES string of the molecule is NCc1c[nH]c2nc[nH]c(=O)c12. The molecule has 2 rings (SSSR count). The van der Waals surface area contributed by atoms with Gasteiger partial charge in [0.15, 0.2) is 0 Å². The lowest BCUT2D eigenvalue weighted by molar-refractivity contribution is 1.08. The molecule has 0 amide bonds. The largest absolute Gasteiger partial charge is 0.346 e. The molecule has 5 heteroatoms. The third-order valence-electron chi connectivity index (χ3n) is 1.78. The van der Waals surface area contributed by atoms with Gasteiger partial charge in [0.1, 0.15) is 5.65 Å². The quantitative estimate of drug-likeness (QED) is 0.541. The average molecular weight is 164 g/mol. The lowest BCUT2D eigenvalue weighted by Gasteiger charge is -1.89. The summed E-state index contributed by atoms with van der Waals surface area (Å²) in [7, 11) is 0. The maximum atomic E-state index is 11.2. The fourth-order valence-corrected chi connectivity index (χ4v) is 1.20. The van der Waals surface area contributed by atoms with Crippen LogP contribution < -0.4 is 11.3 Å². The highest BCUT2D eigenvalue weighted by molar-refractivity contribution is 5.78. The van der Waals surface area contributed by atoms with Gasteiger partial charge in [-0.2, -0.15) is 0 Å². The Bertz CT molecular complexity index is 456. The number of rotatable bonds is 1. The van der Waals surface area contributed by atoms with E-state index in [0.717, 1.165) is 5.56 Å². The molecule has 0 bridgehead atoms. The summed E-state index contributed by atoms with van der Waals surface area (Å²) in [5.41, 5.74) is 6.65. The maximum absolute atomic E-state index is 11.2. The molecule has 0 fully saturated rings. The van der Waals surface area contributed by atoms with Crippen molar-refractivity contribution in [3.8, 4) is 0 Å². The molecule has 0 aliphatic heterocycles. The molecule has 0 aromatic carbocycles. The number of aromatic amines is 2. The fraction of sp³-hybridized carbons (Fsp3) is 0.143. The van der Waals surface area contributed by atoms with Crippen molar-refractivity contribution in [2.45, 2.75) is 6.54 Å². The first-order chi connectivity index (χ1) is 5.83. The molecule has 0 atom stereocenters. The highest BCUT2D eigenvalue weighted by Crippen LogP contribution is 2.09. The summed E-state index contributed by atoms with van der Waals surface area (Å²) < 4.78 is 0. The van der Waals surface area contributed by atoms with Gasteiger partial charge in [0, 0.05) is 12.7 Å². The average Bonchev–Trinajstić information content (AvgIpc) is 2.49. The van der Waals surface area contributed by atoms with Crippen molar-refractivity contribution in [3.63, 3.8) is 0 Å². The maximum Gasteiger partial charge on any atom is 0.260 e. The van der Waals surface area contributed by atoms with E-state index in [0.29, 0.717) is 17.6 Å². The monoisotopic (exact) mass is 164 g/mol. The van der Waals surface area contributed by atoms with Crippen molar-refractivity contribution < 1.29 is 0 Å². The van der Waals surface area contributed by atoms with Gasteiger partial charge in [-0.15, -0.1) is 0 Å². The Labute approximate surface area is 67.6 Å². The summed E-state index contributed by atoms with van der Waals surface area (Å²) in [6.07, 6.45) is 3.06. The highest BCUT2D eigenvalue weighted by Gasteiger charge is 2.05. The van der Waals surface area contributed by atoms with Crippen LogP contribution in [0.4, 0.5) is 0 Å². The minimum atomic E-state index is -0.151. The van der Waals surface area contributed by atoms with Gasteiger partial charge in [0.2, 0.25) is 0 Å². The summed E-state index contributed by atoms with van der Waals surface area (Å²) in [4.78, 5) is 20.6. The predicted octanol–water partition coefficient (Wildman–Crippen LogP) is -0.290. The Morgan fingerprint density at radius 1 is 1.50 bits per heavy atom. The molecule has 0 saturated heterocycles. The molecule has 0 saturated carbocycles. The number of nitrogens with zero attached hydrogens (tertiary/aromatic N) is 1. The molecule has 4 N–H and O–H groups in total. The van der Waals surface area contributed by atoms with Crippen LogP contribution in [0.5, 0.6) is 0 Å². The molecule has 0 aliphatic carbocycles. The van der Waals surface area contributed by atoms with Gasteiger partial charge < -0.3 is 15.7 Å². The highest BCUT2D eigenvalue weighted by atomic mass is 16.1. The van der Waals surface area contributed by atoms with E-state index < -0.39 is 0 Å². The molecule has 0 unspecified atom stereocenters. The molecule has 0 aliphatic rings. The fourth-order valence-electron chi connectivity index (χ4n) is 1.20. The van der Waals surface area contributed by atoms with E-state index in [-0.39, 0.29) is 5.56 Å². The van der Waals surface area contributed by atoms with E-state index in [1.165, 1.54) is 6.33 Å². The van der Waals surface area contributed by atoms with Crippen LogP contribution in [0, 0.1) is 0 Å². The zero-order valence-corrected chi connectivity index (χ0v) is 6.29. The van der Waals surface area contributed by atoms with Crippen LogP contribution in [-0.4, -0.2) is 15.0 Å². The van der Waals surface area contributed by atoms with Crippen LogP contribution in [0.15, 0.2) is 17.3 Å². The number of hydrogen-bond donors (Lipinski definition) is 3. The van der Waals surface area contributed by atoms with Gasteiger partial charge in [0.25, 0.3) is 5.56 Å². The van der Waals surface area contributed by atoms with Crippen LogP contribution in [0.2, 0.25) is 0 Å². The van der Waals surface area contributed by atoms with Crippen LogP contribution >= 0.6 is 0 Å². The molecule has 0 radical (unpaired) electrons. The summed E-state index contributed by atoms with van der Waals surface area (Å²) >= 11 is 0. The Kier molecular flexibility index (Phi) is 1.44. The van der Waals surface area contributed by atoms with E-state index in [1.54, 1.807) is 6.20 Å². The summed E-state index contributed by atoms with van der Waals surface area (Å²) in [5.74, 6) is 0. The van der Waals surface area contributed by atoms with Gasteiger partial charge >= 0.3 is 0 Å². The van der Waals surface area contributed by atoms with Crippen molar-refractivity contribution in [3.05, 3.63) is 28.4 Å². The third kappa shape index (κ3) is 0.835. The van der Waals surface area contributed by atoms with Crippen LogP contribution in [-0.2, 0) is 6.54 Å². The summed E-state index contributed by atoms with van der Waals surface area (Å²) in [5, 5.41) is 0.556. The smallest absolute Gasteiger partial charge is 0.260 e. The van der Waals surface area contributed by atoms with E-state index in [9.17, 15) is 4.79 Å². The predicted molar refractivity (Wildman–Crippen MR) is 44.6 cm³/mol.